The molecule has 0 bridgehead atoms. The zero-order valence-corrected chi connectivity index (χ0v) is 12.6. The van der Waals surface area contributed by atoms with Gasteiger partial charge in [-0.25, -0.2) is 9.59 Å². The summed E-state index contributed by atoms with van der Waals surface area (Å²) in [5, 5.41) is 11.9. The van der Waals surface area contributed by atoms with E-state index in [1.807, 2.05) is 0 Å². The number of piperidine rings is 1. The quantitative estimate of drug-likeness (QED) is 0.836. The fourth-order valence-corrected chi connectivity index (χ4v) is 3.42. The summed E-state index contributed by atoms with van der Waals surface area (Å²) < 4.78 is 0. The lowest BCUT2D eigenvalue weighted by molar-refractivity contribution is -0.143. The van der Waals surface area contributed by atoms with Crippen LogP contribution in [0.5, 0.6) is 0 Å². The van der Waals surface area contributed by atoms with Gasteiger partial charge in [0.25, 0.3) is 0 Å². The van der Waals surface area contributed by atoms with E-state index in [4.69, 9.17) is 0 Å². The SMILES string of the molecule is CCC(C)(NC(=O)N1CCC2(CCCC2)CC1)C(=O)O. The summed E-state index contributed by atoms with van der Waals surface area (Å²) in [4.78, 5) is 25.3. The Morgan fingerprint density at radius 1 is 1.20 bits per heavy atom. The molecule has 1 aliphatic heterocycles. The third kappa shape index (κ3) is 2.91. The Kier molecular flexibility index (Phi) is 4.25. The molecule has 0 aromatic heterocycles. The topological polar surface area (TPSA) is 69.6 Å². The number of carbonyl (C=O) groups excluding carboxylic acids is 1. The van der Waals surface area contributed by atoms with Crippen LogP contribution in [0.2, 0.25) is 0 Å². The number of hydrogen-bond acceptors (Lipinski definition) is 2. The molecule has 20 heavy (non-hydrogen) atoms. The lowest BCUT2D eigenvalue weighted by atomic mass is 9.77. The summed E-state index contributed by atoms with van der Waals surface area (Å²) in [5.41, 5.74) is -0.697. The van der Waals surface area contributed by atoms with E-state index in [-0.39, 0.29) is 6.03 Å². The number of amides is 2. The fourth-order valence-electron chi connectivity index (χ4n) is 3.42. The van der Waals surface area contributed by atoms with Crippen molar-refractivity contribution in [2.24, 2.45) is 5.41 Å². The summed E-state index contributed by atoms with van der Waals surface area (Å²) in [7, 11) is 0. The minimum atomic E-state index is -1.17. The zero-order valence-electron chi connectivity index (χ0n) is 12.6. The van der Waals surface area contributed by atoms with E-state index in [0.717, 1.165) is 25.9 Å². The van der Waals surface area contributed by atoms with Crippen molar-refractivity contribution in [3.05, 3.63) is 0 Å². The van der Waals surface area contributed by atoms with E-state index < -0.39 is 11.5 Å². The molecule has 1 aliphatic carbocycles. The molecule has 2 rings (SSSR count). The molecule has 114 valence electrons. The summed E-state index contributed by atoms with van der Waals surface area (Å²) in [6.45, 7) is 4.85. The van der Waals surface area contributed by atoms with Gasteiger partial charge in [-0.3, -0.25) is 0 Å². The minimum Gasteiger partial charge on any atom is -0.480 e. The first kappa shape index (κ1) is 15.1. The predicted octanol–water partition coefficient (Wildman–Crippen LogP) is 2.61. The highest BCUT2D eigenvalue weighted by Gasteiger charge is 2.40. The molecule has 2 N–H and O–H groups in total. The number of nitrogens with zero attached hydrogens (tertiary/aromatic N) is 1. The van der Waals surface area contributed by atoms with E-state index in [1.54, 1.807) is 18.7 Å². The van der Waals surface area contributed by atoms with Crippen LogP contribution in [0.3, 0.4) is 0 Å². The first-order chi connectivity index (χ1) is 9.41. The average Bonchev–Trinajstić information content (AvgIpc) is 2.87. The summed E-state index contributed by atoms with van der Waals surface area (Å²) >= 11 is 0. The van der Waals surface area contributed by atoms with Crippen LogP contribution >= 0.6 is 0 Å². The Bertz CT molecular complexity index is 381. The largest absolute Gasteiger partial charge is 0.480 e. The van der Waals surface area contributed by atoms with E-state index in [2.05, 4.69) is 5.32 Å². The highest BCUT2D eigenvalue weighted by Crippen LogP contribution is 2.46. The summed E-state index contributed by atoms with van der Waals surface area (Å²) in [6, 6.07) is -0.232. The second-order valence-electron chi connectivity index (χ2n) is 6.62. The van der Waals surface area contributed by atoms with Gasteiger partial charge >= 0.3 is 12.0 Å². The molecular formula is C15H26N2O3. The smallest absolute Gasteiger partial charge is 0.329 e. The fraction of sp³-hybridized carbons (Fsp3) is 0.867. The zero-order chi connectivity index (χ0) is 14.8. The molecule has 1 saturated carbocycles. The first-order valence-electron chi connectivity index (χ1n) is 7.71. The molecule has 0 aromatic rings. The summed E-state index contributed by atoms with van der Waals surface area (Å²) in [6.07, 6.45) is 7.74. The molecule has 1 spiro atoms. The van der Waals surface area contributed by atoms with Gasteiger partial charge in [0, 0.05) is 13.1 Å². The van der Waals surface area contributed by atoms with Gasteiger partial charge in [-0.05, 0) is 44.4 Å². The number of carboxylic acids is 1. The van der Waals surface area contributed by atoms with Gasteiger partial charge in [-0.15, -0.1) is 0 Å². The van der Waals surface area contributed by atoms with Crippen molar-refractivity contribution in [2.45, 2.75) is 64.3 Å². The second kappa shape index (κ2) is 5.62. The van der Waals surface area contributed by atoms with Gasteiger partial charge in [0.2, 0.25) is 0 Å². The third-order valence-electron chi connectivity index (χ3n) is 5.34. The Labute approximate surface area is 120 Å². The molecule has 2 amide bonds. The van der Waals surface area contributed by atoms with Gasteiger partial charge in [-0.1, -0.05) is 19.8 Å². The van der Waals surface area contributed by atoms with Crippen LogP contribution in [-0.4, -0.2) is 40.6 Å². The van der Waals surface area contributed by atoms with Crippen molar-refractivity contribution in [2.75, 3.05) is 13.1 Å². The van der Waals surface area contributed by atoms with Crippen LogP contribution in [-0.2, 0) is 4.79 Å². The highest BCUT2D eigenvalue weighted by atomic mass is 16.4. The van der Waals surface area contributed by atoms with Crippen molar-refractivity contribution in [3.63, 3.8) is 0 Å². The molecule has 2 fully saturated rings. The second-order valence-corrected chi connectivity index (χ2v) is 6.62. The highest BCUT2D eigenvalue weighted by molar-refractivity contribution is 5.85. The Morgan fingerprint density at radius 3 is 2.20 bits per heavy atom. The van der Waals surface area contributed by atoms with Crippen LogP contribution in [0.1, 0.15) is 58.8 Å². The summed E-state index contributed by atoms with van der Waals surface area (Å²) in [5.74, 6) is -0.974. The van der Waals surface area contributed by atoms with E-state index in [9.17, 15) is 14.7 Å². The standard InChI is InChI=1S/C15H26N2O3/c1-3-14(2,12(18)19)16-13(20)17-10-8-15(9-11-17)6-4-5-7-15/h3-11H2,1-2H3,(H,16,20)(H,18,19). The molecule has 1 heterocycles. The number of rotatable bonds is 3. The molecule has 1 atom stereocenters. The number of aliphatic carboxylic acids is 1. The monoisotopic (exact) mass is 282 g/mol. The van der Waals surface area contributed by atoms with Gasteiger partial charge in [0.15, 0.2) is 0 Å². The molecule has 0 radical (unpaired) electrons. The lowest BCUT2D eigenvalue weighted by Gasteiger charge is -2.40. The minimum absolute atomic E-state index is 0.232. The number of carbonyl (C=O) groups is 2. The van der Waals surface area contributed by atoms with Gasteiger partial charge in [0.1, 0.15) is 5.54 Å². The molecule has 1 saturated heterocycles. The van der Waals surface area contributed by atoms with Crippen LogP contribution in [0.15, 0.2) is 0 Å². The number of hydrogen-bond donors (Lipinski definition) is 2. The maximum absolute atomic E-state index is 12.2. The van der Waals surface area contributed by atoms with E-state index in [0.29, 0.717) is 11.8 Å². The molecule has 5 nitrogen and oxygen atoms in total. The molecule has 5 heteroatoms. The lowest BCUT2D eigenvalue weighted by Crippen LogP contribution is -2.57. The van der Waals surface area contributed by atoms with Crippen LogP contribution in [0, 0.1) is 5.41 Å². The number of carboxylic acid groups (broad SMARTS) is 1. The van der Waals surface area contributed by atoms with Crippen molar-refractivity contribution in [3.8, 4) is 0 Å². The molecule has 1 unspecified atom stereocenters. The molecular weight excluding hydrogens is 256 g/mol. The Morgan fingerprint density at radius 2 is 1.75 bits per heavy atom. The maximum Gasteiger partial charge on any atom is 0.329 e. The number of urea groups is 1. The predicted molar refractivity (Wildman–Crippen MR) is 76.6 cm³/mol. The number of nitrogens with one attached hydrogen (secondary N) is 1. The van der Waals surface area contributed by atoms with Crippen molar-refractivity contribution < 1.29 is 14.7 Å². The number of likely N-dealkylation sites (tertiary alicyclic amines) is 1. The third-order valence-corrected chi connectivity index (χ3v) is 5.34. The van der Waals surface area contributed by atoms with Crippen molar-refractivity contribution in [1.29, 1.82) is 0 Å². The average molecular weight is 282 g/mol. The maximum atomic E-state index is 12.2. The molecule has 0 aromatic carbocycles. The van der Waals surface area contributed by atoms with E-state index in [1.165, 1.54) is 25.7 Å². The van der Waals surface area contributed by atoms with Crippen molar-refractivity contribution in [1.82, 2.24) is 10.2 Å². The Hall–Kier alpha value is -1.26. The van der Waals surface area contributed by atoms with Gasteiger partial charge in [0.05, 0.1) is 0 Å². The van der Waals surface area contributed by atoms with E-state index >= 15 is 0 Å². The normalized spacial score (nSPS) is 24.4. The van der Waals surface area contributed by atoms with Crippen LogP contribution < -0.4 is 5.32 Å². The van der Waals surface area contributed by atoms with Gasteiger partial charge < -0.3 is 15.3 Å². The first-order valence-corrected chi connectivity index (χ1v) is 7.71. The van der Waals surface area contributed by atoms with Crippen LogP contribution in [0.4, 0.5) is 4.79 Å². The molecule has 2 aliphatic rings. The van der Waals surface area contributed by atoms with Crippen molar-refractivity contribution >= 4 is 12.0 Å². The van der Waals surface area contributed by atoms with Gasteiger partial charge in [-0.2, -0.15) is 0 Å². The Balaban J connectivity index is 1.90. The van der Waals surface area contributed by atoms with Crippen LogP contribution in [0.25, 0.3) is 0 Å².